The summed E-state index contributed by atoms with van der Waals surface area (Å²) < 4.78 is 5.48. The number of amides is 1. The van der Waals surface area contributed by atoms with E-state index in [2.05, 4.69) is 0 Å². The van der Waals surface area contributed by atoms with Crippen molar-refractivity contribution >= 4 is 5.91 Å². The smallest absolute Gasteiger partial charge is 0.248 e. The van der Waals surface area contributed by atoms with Gasteiger partial charge in [-0.25, -0.2) is 0 Å². The molecule has 0 aromatic heterocycles. The molecule has 0 aliphatic carbocycles. The van der Waals surface area contributed by atoms with Crippen molar-refractivity contribution < 1.29 is 9.53 Å². The van der Waals surface area contributed by atoms with Gasteiger partial charge in [-0.15, -0.1) is 0 Å². The summed E-state index contributed by atoms with van der Waals surface area (Å²) >= 11 is 0. The maximum atomic E-state index is 11.8. The van der Waals surface area contributed by atoms with Gasteiger partial charge in [-0.2, -0.15) is 0 Å². The van der Waals surface area contributed by atoms with Crippen LogP contribution in [-0.2, 0) is 9.53 Å². The van der Waals surface area contributed by atoms with Crippen molar-refractivity contribution in [2.45, 2.75) is 45.8 Å². The van der Waals surface area contributed by atoms with Crippen LogP contribution >= 0.6 is 0 Å². The highest BCUT2D eigenvalue weighted by atomic mass is 16.5. The topological polar surface area (TPSA) is 55.6 Å². The molecule has 0 saturated carbocycles. The SMILES string of the molecule is CC(N)C1CCN(C(=O)COC(C)(C)C)C1. The second-order valence-electron chi connectivity index (χ2n) is 5.65. The molecule has 0 aromatic rings. The van der Waals surface area contributed by atoms with E-state index in [4.69, 9.17) is 10.5 Å². The molecule has 1 amide bonds. The third-order valence-corrected chi connectivity index (χ3v) is 2.95. The second kappa shape index (κ2) is 5.15. The fourth-order valence-electron chi connectivity index (χ4n) is 1.81. The van der Waals surface area contributed by atoms with E-state index < -0.39 is 0 Å². The van der Waals surface area contributed by atoms with Gasteiger partial charge in [0, 0.05) is 19.1 Å². The highest BCUT2D eigenvalue weighted by Crippen LogP contribution is 2.19. The van der Waals surface area contributed by atoms with Gasteiger partial charge in [0.25, 0.3) is 0 Å². The lowest BCUT2D eigenvalue weighted by molar-refractivity contribution is -0.140. The van der Waals surface area contributed by atoms with E-state index in [0.717, 1.165) is 19.5 Å². The first-order valence-corrected chi connectivity index (χ1v) is 5.97. The molecule has 94 valence electrons. The minimum Gasteiger partial charge on any atom is -0.366 e. The molecule has 2 unspecified atom stereocenters. The minimum atomic E-state index is -0.254. The van der Waals surface area contributed by atoms with Gasteiger partial charge in [0.15, 0.2) is 0 Å². The molecule has 0 bridgehead atoms. The Morgan fingerprint density at radius 3 is 2.62 bits per heavy atom. The molecular formula is C12H24N2O2. The van der Waals surface area contributed by atoms with Gasteiger partial charge in [-0.3, -0.25) is 4.79 Å². The maximum absolute atomic E-state index is 11.8. The number of carbonyl (C=O) groups is 1. The largest absolute Gasteiger partial charge is 0.366 e. The summed E-state index contributed by atoms with van der Waals surface area (Å²) in [6.07, 6.45) is 1.01. The minimum absolute atomic E-state index is 0.0816. The summed E-state index contributed by atoms with van der Waals surface area (Å²) in [5.41, 5.74) is 5.58. The Morgan fingerprint density at radius 1 is 1.56 bits per heavy atom. The van der Waals surface area contributed by atoms with Gasteiger partial charge in [0.05, 0.1) is 5.60 Å². The fourth-order valence-corrected chi connectivity index (χ4v) is 1.81. The zero-order chi connectivity index (χ0) is 12.3. The Morgan fingerprint density at radius 2 is 2.19 bits per heavy atom. The highest BCUT2D eigenvalue weighted by molar-refractivity contribution is 5.77. The van der Waals surface area contributed by atoms with E-state index >= 15 is 0 Å². The molecule has 2 N–H and O–H groups in total. The van der Waals surface area contributed by atoms with Crippen LogP contribution in [0.15, 0.2) is 0 Å². The number of likely N-dealkylation sites (tertiary alicyclic amines) is 1. The summed E-state index contributed by atoms with van der Waals surface area (Å²) in [6, 6.07) is 0.168. The molecule has 0 aromatic carbocycles. The number of hydrogen-bond donors (Lipinski definition) is 1. The predicted octanol–water partition coefficient (Wildman–Crippen LogP) is 0.997. The summed E-state index contributed by atoms with van der Waals surface area (Å²) in [7, 11) is 0. The van der Waals surface area contributed by atoms with E-state index in [1.165, 1.54) is 0 Å². The Balaban J connectivity index is 2.34. The monoisotopic (exact) mass is 228 g/mol. The van der Waals surface area contributed by atoms with Crippen molar-refractivity contribution in [1.82, 2.24) is 4.90 Å². The van der Waals surface area contributed by atoms with Crippen molar-refractivity contribution in [2.24, 2.45) is 11.7 Å². The first-order chi connectivity index (χ1) is 7.29. The quantitative estimate of drug-likeness (QED) is 0.784. The van der Waals surface area contributed by atoms with Crippen LogP contribution in [0.2, 0.25) is 0 Å². The molecule has 1 saturated heterocycles. The zero-order valence-electron chi connectivity index (χ0n) is 10.8. The predicted molar refractivity (Wildman–Crippen MR) is 64.0 cm³/mol. The summed E-state index contributed by atoms with van der Waals surface area (Å²) in [4.78, 5) is 13.7. The first-order valence-electron chi connectivity index (χ1n) is 5.97. The van der Waals surface area contributed by atoms with Gasteiger partial charge in [0.2, 0.25) is 5.91 Å². The fraction of sp³-hybridized carbons (Fsp3) is 0.917. The van der Waals surface area contributed by atoms with Crippen molar-refractivity contribution in [1.29, 1.82) is 0 Å². The van der Waals surface area contributed by atoms with Crippen LogP contribution in [0, 0.1) is 5.92 Å². The molecular weight excluding hydrogens is 204 g/mol. The third kappa shape index (κ3) is 4.10. The maximum Gasteiger partial charge on any atom is 0.248 e. The molecule has 16 heavy (non-hydrogen) atoms. The molecule has 0 radical (unpaired) electrons. The van der Waals surface area contributed by atoms with E-state index in [-0.39, 0.29) is 24.2 Å². The van der Waals surface area contributed by atoms with Crippen LogP contribution in [0.25, 0.3) is 0 Å². The summed E-state index contributed by atoms with van der Waals surface area (Å²) in [6.45, 7) is 9.64. The van der Waals surface area contributed by atoms with Gasteiger partial charge in [-0.05, 0) is 40.0 Å². The first kappa shape index (κ1) is 13.5. The Kier molecular flexibility index (Phi) is 4.33. The Hall–Kier alpha value is -0.610. The van der Waals surface area contributed by atoms with Crippen molar-refractivity contribution in [3.8, 4) is 0 Å². The number of nitrogens with two attached hydrogens (primary N) is 1. The van der Waals surface area contributed by atoms with E-state index in [9.17, 15) is 4.79 Å². The van der Waals surface area contributed by atoms with Crippen molar-refractivity contribution in [3.05, 3.63) is 0 Å². The molecule has 1 fully saturated rings. The van der Waals surface area contributed by atoms with Crippen molar-refractivity contribution in [3.63, 3.8) is 0 Å². The highest BCUT2D eigenvalue weighted by Gasteiger charge is 2.28. The number of hydrogen-bond acceptors (Lipinski definition) is 3. The number of rotatable bonds is 3. The zero-order valence-corrected chi connectivity index (χ0v) is 10.8. The molecule has 2 atom stereocenters. The van der Waals surface area contributed by atoms with Crippen LogP contribution < -0.4 is 5.73 Å². The molecule has 4 heteroatoms. The lowest BCUT2D eigenvalue weighted by Crippen LogP contribution is -2.36. The van der Waals surface area contributed by atoms with Gasteiger partial charge < -0.3 is 15.4 Å². The Labute approximate surface area is 98.1 Å². The van der Waals surface area contributed by atoms with Crippen molar-refractivity contribution in [2.75, 3.05) is 19.7 Å². The standard InChI is InChI=1S/C12H24N2O2/c1-9(13)10-5-6-14(7-10)11(15)8-16-12(2,3)4/h9-10H,5-8,13H2,1-4H3. The molecule has 1 heterocycles. The summed E-state index contributed by atoms with van der Waals surface area (Å²) in [5.74, 6) is 0.525. The lowest BCUT2D eigenvalue weighted by Gasteiger charge is -2.22. The number of carbonyl (C=O) groups excluding carboxylic acids is 1. The van der Waals surface area contributed by atoms with Gasteiger partial charge in [-0.1, -0.05) is 0 Å². The number of nitrogens with zero attached hydrogens (tertiary/aromatic N) is 1. The molecule has 1 aliphatic rings. The van der Waals surface area contributed by atoms with E-state index in [1.807, 2.05) is 32.6 Å². The van der Waals surface area contributed by atoms with Crippen LogP contribution in [0.1, 0.15) is 34.1 Å². The van der Waals surface area contributed by atoms with Crippen LogP contribution in [0.3, 0.4) is 0 Å². The van der Waals surface area contributed by atoms with Crippen LogP contribution in [-0.4, -0.2) is 42.1 Å². The van der Waals surface area contributed by atoms with Gasteiger partial charge >= 0.3 is 0 Å². The summed E-state index contributed by atoms with van der Waals surface area (Å²) in [5, 5.41) is 0. The average molecular weight is 228 g/mol. The lowest BCUT2D eigenvalue weighted by atomic mass is 10.0. The van der Waals surface area contributed by atoms with E-state index in [1.54, 1.807) is 0 Å². The normalized spacial score (nSPS) is 23.6. The average Bonchev–Trinajstić information content (AvgIpc) is 2.61. The van der Waals surface area contributed by atoms with Gasteiger partial charge in [0.1, 0.15) is 6.61 Å². The van der Waals surface area contributed by atoms with Crippen LogP contribution in [0.4, 0.5) is 0 Å². The third-order valence-electron chi connectivity index (χ3n) is 2.95. The molecule has 1 aliphatic heterocycles. The molecule has 4 nitrogen and oxygen atoms in total. The Bertz CT molecular complexity index is 246. The molecule has 1 rings (SSSR count). The molecule has 0 spiro atoms. The second-order valence-corrected chi connectivity index (χ2v) is 5.65. The van der Waals surface area contributed by atoms with E-state index in [0.29, 0.717) is 5.92 Å². The number of ether oxygens (including phenoxy) is 1. The van der Waals surface area contributed by atoms with Crippen LogP contribution in [0.5, 0.6) is 0 Å².